The molecule has 0 aliphatic rings. The summed E-state index contributed by atoms with van der Waals surface area (Å²) >= 11 is 0. The van der Waals surface area contributed by atoms with E-state index in [0.29, 0.717) is 56.2 Å². The van der Waals surface area contributed by atoms with Gasteiger partial charge in [0.25, 0.3) is 11.1 Å². The Morgan fingerprint density at radius 2 is 1.13 bits per heavy atom. The Labute approximate surface area is 447 Å². The number of aryl methyl sites for hydroxylation is 3. The molecule has 14 nitrogen and oxygen atoms in total. The minimum Gasteiger partial charge on any atom is -0.388 e. The molecule has 0 saturated carbocycles. The third kappa shape index (κ3) is 14.2. The SMILES string of the molecule is C.C.C.S.S.[2H]C.[2H]Cc1ccc2nc(-c3c(NC([B])C(C)C)c4nn(C)cc4[nH]c3=O)[nH]c2c1.[B]C(Nc1c(-c2nc3c[c-]ccc3[nH]2)c(=O)[nH]c2cn(C)nc12)C(C)C.[W].[W].[W].[W]. The molecule has 2 atom stereocenters. The zero-order valence-corrected chi connectivity index (χ0v) is 47.7. The minimum absolute atomic E-state index is 0. The molecule has 63 heavy (non-hydrogen) atoms. The van der Waals surface area contributed by atoms with E-state index >= 15 is 0 Å². The van der Waals surface area contributed by atoms with Gasteiger partial charge in [-0.2, -0.15) is 49.3 Å². The maximum atomic E-state index is 13.0. The number of imidazole rings is 2. The van der Waals surface area contributed by atoms with E-state index in [2.05, 4.69) is 56.8 Å². The molecule has 0 aliphatic carbocycles. The fraction of sp³-hybridized carbons (Fsp3) is 0.366. The van der Waals surface area contributed by atoms with E-state index in [4.69, 9.17) is 18.4 Å². The van der Waals surface area contributed by atoms with Gasteiger partial charge in [0.15, 0.2) is 0 Å². The van der Waals surface area contributed by atoms with Gasteiger partial charge in [-0.05, 0) is 59.3 Å². The van der Waals surface area contributed by atoms with Crippen molar-refractivity contribution in [1.29, 1.82) is 0 Å². The van der Waals surface area contributed by atoms with Crippen LogP contribution in [0.2, 0.25) is 0 Å². The molecule has 338 valence electrons. The van der Waals surface area contributed by atoms with E-state index in [1.165, 1.54) is 7.40 Å². The average Bonchev–Trinajstić information content (AvgIpc) is 3.96. The summed E-state index contributed by atoms with van der Waals surface area (Å²) < 4.78 is 16.6. The first-order valence-corrected chi connectivity index (χ1v) is 17.2. The normalized spacial score (nSPS) is 11.2. The van der Waals surface area contributed by atoms with Gasteiger partial charge < -0.3 is 30.6 Å². The molecule has 6 aromatic heterocycles. The minimum atomic E-state index is -0.356. The number of rotatable bonds is 8. The summed E-state index contributed by atoms with van der Waals surface area (Å²) in [5, 5.41) is 15.5. The quantitative estimate of drug-likeness (QED) is 0.0665. The van der Waals surface area contributed by atoms with E-state index in [1.807, 2.05) is 52.0 Å². The van der Waals surface area contributed by atoms with Crippen LogP contribution in [0.3, 0.4) is 0 Å². The fourth-order valence-corrected chi connectivity index (χ4v) is 5.95. The zero-order valence-electron chi connectivity index (χ0n) is 35.9. The van der Waals surface area contributed by atoms with Crippen molar-refractivity contribution in [3.63, 3.8) is 0 Å². The fourth-order valence-electron chi connectivity index (χ4n) is 5.95. The van der Waals surface area contributed by atoms with Crippen LogP contribution in [0.15, 0.2) is 58.4 Å². The van der Waals surface area contributed by atoms with Crippen LogP contribution in [0.5, 0.6) is 0 Å². The van der Waals surface area contributed by atoms with Crippen molar-refractivity contribution < 1.29 is 87.0 Å². The summed E-state index contributed by atoms with van der Waals surface area (Å²) in [7, 11) is 17.3. The maximum absolute atomic E-state index is 13.0. The summed E-state index contributed by atoms with van der Waals surface area (Å²) in [6.45, 7) is 8.21. The van der Waals surface area contributed by atoms with Gasteiger partial charge in [-0.25, -0.2) is 4.98 Å². The van der Waals surface area contributed by atoms with Crippen molar-refractivity contribution in [2.75, 3.05) is 10.6 Å². The summed E-state index contributed by atoms with van der Waals surface area (Å²) in [5.74, 6) is 0.534. The smallest absolute Gasteiger partial charge is 0.261 e. The number of fused-ring (bicyclic) bond motifs is 4. The molecular formula is C41H59B2N12O2S2W4-. The Morgan fingerprint density at radius 3 is 1.56 bits per heavy atom. The van der Waals surface area contributed by atoms with Gasteiger partial charge in [0.2, 0.25) is 0 Å². The Bertz CT molecular complexity index is 2770. The molecule has 6 N–H and O–H groups in total. The molecule has 6 heterocycles. The summed E-state index contributed by atoms with van der Waals surface area (Å²) in [6, 6.07) is 14.0. The Balaban J connectivity index is -0.000000487. The monoisotopic (exact) mass is 1580 g/mol. The molecule has 0 amide bonds. The van der Waals surface area contributed by atoms with Gasteiger partial charge in [0.05, 0.1) is 49.1 Å². The second-order valence-electron chi connectivity index (χ2n) is 13.8. The number of nitrogens with zero attached hydrogens (tertiary/aromatic N) is 6. The molecule has 8 rings (SSSR count). The second-order valence-corrected chi connectivity index (χ2v) is 13.8. The third-order valence-electron chi connectivity index (χ3n) is 8.99. The summed E-state index contributed by atoms with van der Waals surface area (Å²) in [5.41, 5.74) is 7.84. The van der Waals surface area contributed by atoms with E-state index in [0.717, 1.165) is 27.6 Å². The predicted molar refractivity (Wildman–Crippen MR) is 260 cm³/mol. The number of hydrogen-bond acceptors (Lipinski definition) is 8. The van der Waals surface area contributed by atoms with E-state index in [1.54, 1.807) is 48.0 Å². The van der Waals surface area contributed by atoms with Crippen LogP contribution in [0.25, 0.3) is 66.9 Å². The van der Waals surface area contributed by atoms with Gasteiger partial charge in [-0.1, -0.05) is 63.4 Å². The molecule has 2 aromatic carbocycles. The molecule has 0 fully saturated rings. The zero-order chi connectivity index (χ0) is 40.4. The van der Waals surface area contributed by atoms with Crippen molar-refractivity contribution in [2.45, 2.75) is 76.2 Å². The molecule has 4 radical (unpaired) electrons. The van der Waals surface area contributed by atoms with Gasteiger partial charge in [-0.3, -0.25) is 23.9 Å². The number of H-pyrrole nitrogens is 4. The molecule has 0 aliphatic heterocycles. The van der Waals surface area contributed by atoms with E-state index in [9.17, 15) is 9.59 Å². The first-order chi connectivity index (χ1) is 26.8. The van der Waals surface area contributed by atoms with Gasteiger partial charge in [0, 0.05) is 113 Å². The first-order valence-electron chi connectivity index (χ1n) is 18.9. The number of aromatic amines is 4. The molecule has 22 heteroatoms. The average molecular weight is 1580 g/mol. The Hall–Kier alpha value is -2.60. The molecule has 0 saturated heterocycles. The van der Waals surface area contributed by atoms with Gasteiger partial charge in [-0.15, -0.1) is 12.1 Å². The first kappa shape index (κ1) is 62.5. The third-order valence-corrected chi connectivity index (χ3v) is 8.99. The number of hydrogen-bond donors (Lipinski definition) is 6. The predicted octanol–water partition coefficient (Wildman–Crippen LogP) is 7.60. The number of pyridine rings is 2. The van der Waals surface area contributed by atoms with Crippen molar-refractivity contribution >= 4 is 98.2 Å². The van der Waals surface area contributed by atoms with E-state index in [-0.39, 0.29) is 175 Å². The topological polar surface area (TPSA) is 183 Å². The molecule has 8 aromatic rings. The van der Waals surface area contributed by atoms with Gasteiger partial charge in [0.1, 0.15) is 33.8 Å². The van der Waals surface area contributed by atoms with Crippen molar-refractivity contribution in [3.05, 3.63) is 81.1 Å². The maximum Gasteiger partial charge on any atom is 0.261 e. The summed E-state index contributed by atoms with van der Waals surface area (Å²) in [6.07, 6.45) is 3.52. The van der Waals surface area contributed by atoms with Crippen molar-refractivity contribution in [3.8, 4) is 22.8 Å². The van der Waals surface area contributed by atoms with Crippen LogP contribution in [0.1, 0.15) is 65.7 Å². The molecular weight excluding hydrogens is 1510 g/mol. The second kappa shape index (κ2) is 27.8. The Kier molecular flexibility index (Phi) is 27.6. The van der Waals surface area contributed by atoms with Crippen LogP contribution in [0, 0.1) is 24.8 Å². The molecule has 2 unspecified atom stereocenters. The Morgan fingerprint density at radius 1 is 0.683 bits per heavy atom. The van der Waals surface area contributed by atoms with Crippen LogP contribution < -0.4 is 21.8 Å². The number of aromatic nitrogens is 10. The number of nitrogens with one attached hydrogen (secondary N) is 6. The van der Waals surface area contributed by atoms with Crippen LogP contribution >= 0.6 is 27.0 Å². The van der Waals surface area contributed by atoms with Crippen LogP contribution in [-0.2, 0) is 98.4 Å². The summed E-state index contributed by atoms with van der Waals surface area (Å²) in [4.78, 5) is 47.1. The molecule has 0 bridgehead atoms. The number of benzene rings is 2. The number of anilines is 2. The van der Waals surface area contributed by atoms with E-state index < -0.39 is 0 Å². The van der Waals surface area contributed by atoms with Crippen molar-refractivity contribution in [2.24, 2.45) is 25.9 Å². The van der Waals surface area contributed by atoms with Gasteiger partial charge >= 0.3 is 0 Å². The van der Waals surface area contributed by atoms with Crippen molar-refractivity contribution in [1.82, 2.24) is 49.5 Å². The van der Waals surface area contributed by atoms with Crippen LogP contribution in [0.4, 0.5) is 11.4 Å². The molecule has 0 spiro atoms. The van der Waals surface area contributed by atoms with Crippen LogP contribution in [-0.4, -0.2) is 77.0 Å². The standard InChI is InChI=1S/C19H21BN6O.C18H18BN6O.4CH4.2H2S.4W/c1-9(2)17(20)24-16-14(19(27)23-13-8-26(4)25-15(13)16)18-21-11-6-5-10(3)7-12(11)22-18;1-9(2)16(19)23-15-13(17-20-10-6-4-5-7-11(10)21-17)18(26)22-12-8-25(3)24-14(12)15;;;;;;;;;;/h5-9,17,24H,1-4H3,(H,21,22)(H,23,27);4,6-9,16,23H,1-3H3,(H,20,21)(H,22,26);4*1H4;2*1H2;;;;/q;-1;;;;;;;;;;/i3D;;1D;;;;;;;;;. The largest absolute Gasteiger partial charge is 0.388 e.